The van der Waals surface area contributed by atoms with Gasteiger partial charge in [0.2, 0.25) is 11.8 Å². The molecule has 2 aromatic heterocycles. The van der Waals surface area contributed by atoms with Crippen molar-refractivity contribution >= 4 is 22.8 Å². The zero-order valence-electron chi connectivity index (χ0n) is 13.8. The molecule has 1 amide bonds. The third-order valence-corrected chi connectivity index (χ3v) is 3.67. The van der Waals surface area contributed by atoms with Crippen molar-refractivity contribution in [3.05, 3.63) is 58.5 Å². The second kappa shape index (κ2) is 7.00. The van der Waals surface area contributed by atoms with Crippen molar-refractivity contribution in [3.8, 4) is 5.88 Å². The van der Waals surface area contributed by atoms with Gasteiger partial charge < -0.3 is 4.74 Å². The van der Waals surface area contributed by atoms with Gasteiger partial charge in [-0.25, -0.2) is 9.97 Å². The van der Waals surface area contributed by atoms with E-state index in [1.54, 1.807) is 36.4 Å². The number of nitrogens with zero attached hydrogens (tertiary/aromatic N) is 3. The summed E-state index contributed by atoms with van der Waals surface area (Å²) in [5.74, 6) is 0.0126. The van der Waals surface area contributed by atoms with Crippen molar-refractivity contribution in [1.29, 1.82) is 0 Å². The predicted molar refractivity (Wildman–Crippen MR) is 93.6 cm³/mol. The number of pyridine rings is 1. The Hall–Kier alpha value is -3.42. The first-order valence-electron chi connectivity index (χ1n) is 7.70. The summed E-state index contributed by atoms with van der Waals surface area (Å²) in [4.78, 5) is 33.3. The van der Waals surface area contributed by atoms with Gasteiger partial charge in [0, 0.05) is 12.7 Å². The minimum absolute atomic E-state index is 0.177. The standard InChI is InChI=1S/C17H17N5O3/c1-3-22-16(24)11-7-4-5-9-13(11)19-17(22)21-20-14(23)12-8-6-10-18-15(12)25-2/h4-10H,3H2,1-2H3,(H,19,21)(H,20,23). The second-order valence-corrected chi connectivity index (χ2v) is 5.14. The highest BCUT2D eigenvalue weighted by Gasteiger charge is 2.14. The second-order valence-electron chi connectivity index (χ2n) is 5.14. The number of carbonyl (C=O) groups excluding carboxylic acids is 1. The van der Waals surface area contributed by atoms with Crippen LogP contribution in [0.15, 0.2) is 47.4 Å². The fourth-order valence-electron chi connectivity index (χ4n) is 2.46. The molecule has 1 aromatic carbocycles. The number of nitrogens with one attached hydrogen (secondary N) is 2. The molecule has 3 aromatic rings. The van der Waals surface area contributed by atoms with Crippen LogP contribution in [0.1, 0.15) is 17.3 Å². The highest BCUT2D eigenvalue weighted by Crippen LogP contribution is 2.14. The topological polar surface area (TPSA) is 98.1 Å². The van der Waals surface area contributed by atoms with Gasteiger partial charge in [0.15, 0.2) is 0 Å². The van der Waals surface area contributed by atoms with Crippen LogP contribution < -0.4 is 21.1 Å². The smallest absolute Gasteiger partial charge is 0.275 e. The number of para-hydroxylation sites is 1. The first kappa shape index (κ1) is 16.4. The molecule has 0 spiro atoms. The van der Waals surface area contributed by atoms with Crippen LogP contribution >= 0.6 is 0 Å². The average molecular weight is 339 g/mol. The number of rotatable bonds is 5. The molecule has 0 fully saturated rings. The number of carbonyl (C=O) groups is 1. The Balaban J connectivity index is 1.90. The summed E-state index contributed by atoms with van der Waals surface area (Å²) in [6.45, 7) is 2.24. The Morgan fingerprint density at radius 2 is 2.04 bits per heavy atom. The minimum Gasteiger partial charge on any atom is -0.480 e. The molecule has 3 rings (SSSR count). The number of hydrazine groups is 1. The molecule has 0 unspecified atom stereocenters. The van der Waals surface area contributed by atoms with E-state index in [0.717, 1.165) is 0 Å². The molecular formula is C17H17N5O3. The summed E-state index contributed by atoms with van der Waals surface area (Å²) in [7, 11) is 1.44. The molecule has 25 heavy (non-hydrogen) atoms. The van der Waals surface area contributed by atoms with E-state index in [4.69, 9.17) is 4.74 Å². The zero-order valence-corrected chi connectivity index (χ0v) is 13.8. The average Bonchev–Trinajstić information content (AvgIpc) is 2.66. The molecule has 2 heterocycles. The maximum absolute atomic E-state index is 12.5. The van der Waals surface area contributed by atoms with Crippen LogP contribution in [0.25, 0.3) is 10.9 Å². The summed E-state index contributed by atoms with van der Waals surface area (Å²) in [6, 6.07) is 10.3. The Labute approximate surface area is 143 Å². The largest absolute Gasteiger partial charge is 0.480 e. The molecule has 128 valence electrons. The van der Waals surface area contributed by atoms with Crippen molar-refractivity contribution in [2.75, 3.05) is 12.5 Å². The summed E-state index contributed by atoms with van der Waals surface area (Å²) in [5.41, 5.74) is 5.88. The van der Waals surface area contributed by atoms with Gasteiger partial charge in [-0.2, -0.15) is 0 Å². The van der Waals surface area contributed by atoms with Crippen LogP contribution in [-0.2, 0) is 6.54 Å². The molecule has 0 saturated heterocycles. The number of hydrogen-bond acceptors (Lipinski definition) is 6. The number of fused-ring (bicyclic) bond motifs is 1. The monoisotopic (exact) mass is 339 g/mol. The van der Waals surface area contributed by atoms with E-state index < -0.39 is 5.91 Å². The number of hydrogen-bond donors (Lipinski definition) is 2. The van der Waals surface area contributed by atoms with Crippen molar-refractivity contribution < 1.29 is 9.53 Å². The number of amides is 1. The van der Waals surface area contributed by atoms with Gasteiger partial charge in [0.1, 0.15) is 5.56 Å². The van der Waals surface area contributed by atoms with E-state index in [0.29, 0.717) is 17.4 Å². The fourth-order valence-corrected chi connectivity index (χ4v) is 2.46. The SMILES string of the molecule is CCn1c(NNC(=O)c2cccnc2OC)nc2ccccc2c1=O. The first-order chi connectivity index (χ1) is 12.2. The number of aromatic nitrogens is 3. The molecule has 0 saturated carbocycles. The van der Waals surface area contributed by atoms with Crippen LogP contribution in [0, 0.1) is 0 Å². The van der Waals surface area contributed by atoms with E-state index >= 15 is 0 Å². The number of ether oxygens (including phenoxy) is 1. The van der Waals surface area contributed by atoms with Crippen LogP contribution in [0.4, 0.5) is 5.95 Å². The highest BCUT2D eigenvalue weighted by molar-refractivity contribution is 5.96. The molecular weight excluding hydrogens is 322 g/mol. The lowest BCUT2D eigenvalue weighted by atomic mass is 10.2. The highest BCUT2D eigenvalue weighted by atomic mass is 16.5. The Morgan fingerprint density at radius 1 is 1.24 bits per heavy atom. The van der Waals surface area contributed by atoms with Crippen LogP contribution in [0.2, 0.25) is 0 Å². The summed E-state index contributed by atoms with van der Waals surface area (Å²) in [6.07, 6.45) is 1.53. The van der Waals surface area contributed by atoms with Gasteiger partial charge in [-0.3, -0.25) is 25.0 Å². The summed E-state index contributed by atoms with van der Waals surface area (Å²) >= 11 is 0. The Bertz CT molecular complexity index is 983. The molecule has 0 aliphatic heterocycles. The van der Waals surface area contributed by atoms with E-state index in [1.807, 2.05) is 6.92 Å². The lowest BCUT2D eigenvalue weighted by molar-refractivity contribution is 0.0958. The molecule has 0 aliphatic rings. The van der Waals surface area contributed by atoms with Crippen molar-refractivity contribution in [2.45, 2.75) is 13.5 Å². The van der Waals surface area contributed by atoms with Crippen LogP contribution in [0.5, 0.6) is 5.88 Å². The molecule has 0 radical (unpaired) electrons. The summed E-state index contributed by atoms with van der Waals surface area (Å²) < 4.78 is 6.52. The van der Waals surface area contributed by atoms with E-state index in [9.17, 15) is 9.59 Å². The maximum Gasteiger partial charge on any atom is 0.275 e. The molecule has 0 aliphatic carbocycles. The molecule has 0 atom stereocenters. The lowest BCUT2D eigenvalue weighted by Crippen LogP contribution is -2.34. The molecule has 0 bridgehead atoms. The van der Waals surface area contributed by atoms with Gasteiger partial charge in [-0.1, -0.05) is 12.1 Å². The van der Waals surface area contributed by atoms with Gasteiger partial charge in [0.25, 0.3) is 11.5 Å². The van der Waals surface area contributed by atoms with Crippen molar-refractivity contribution in [1.82, 2.24) is 20.0 Å². The third-order valence-electron chi connectivity index (χ3n) is 3.67. The van der Waals surface area contributed by atoms with Gasteiger partial charge in [0.05, 0.1) is 18.0 Å². The Kier molecular flexibility index (Phi) is 4.60. The number of anilines is 1. The van der Waals surface area contributed by atoms with E-state index in [-0.39, 0.29) is 23.0 Å². The van der Waals surface area contributed by atoms with Crippen LogP contribution in [0.3, 0.4) is 0 Å². The third kappa shape index (κ3) is 3.14. The van der Waals surface area contributed by atoms with Crippen LogP contribution in [-0.4, -0.2) is 27.6 Å². The normalized spacial score (nSPS) is 10.5. The molecule has 8 heteroatoms. The van der Waals surface area contributed by atoms with Gasteiger partial charge in [-0.15, -0.1) is 0 Å². The Morgan fingerprint density at radius 3 is 2.80 bits per heavy atom. The summed E-state index contributed by atoms with van der Waals surface area (Å²) in [5, 5.41) is 0.523. The lowest BCUT2D eigenvalue weighted by Gasteiger charge is -2.14. The van der Waals surface area contributed by atoms with Crippen molar-refractivity contribution in [2.24, 2.45) is 0 Å². The predicted octanol–water partition coefficient (Wildman–Crippen LogP) is 1.58. The fraction of sp³-hybridized carbons (Fsp3) is 0.176. The minimum atomic E-state index is -0.449. The number of benzene rings is 1. The quantitative estimate of drug-likeness (QED) is 0.685. The van der Waals surface area contributed by atoms with E-state index in [1.165, 1.54) is 17.9 Å². The molecule has 2 N–H and O–H groups in total. The van der Waals surface area contributed by atoms with E-state index in [2.05, 4.69) is 20.8 Å². The molecule has 8 nitrogen and oxygen atoms in total. The van der Waals surface area contributed by atoms with Gasteiger partial charge in [-0.05, 0) is 31.2 Å². The zero-order chi connectivity index (χ0) is 17.8. The number of methoxy groups -OCH3 is 1. The first-order valence-corrected chi connectivity index (χ1v) is 7.70. The van der Waals surface area contributed by atoms with Gasteiger partial charge >= 0.3 is 0 Å². The van der Waals surface area contributed by atoms with Crippen molar-refractivity contribution in [3.63, 3.8) is 0 Å². The maximum atomic E-state index is 12.5.